The molecule has 13 heavy (non-hydrogen) atoms. The second-order valence-electron chi connectivity index (χ2n) is 2.92. The largest absolute Gasteiger partial charge is 0.236 e. The Labute approximate surface area is 80.2 Å². The van der Waals surface area contributed by atoms with Crippen molar-refractivity contribution in [3.05, 3.63) is 40.8 Å². The lowest BCUT2D eigenvalue weighted by atomic mass is 10.1. The molecule has 0 radical (unpaired) electrons. The van der Waals surface area contributed by atoms with E-state index < -0.39 is 0 Å². The van der Waals surface area contributed by atoms with Crippen LogP contribution in [0.5, 0.6) is 0 Å². The Balaban J connectivity index is 2.86. The van der Waals surface area contributed by atoms with Gasteiger partial charge in [0.05, 0.1) is 5.52 Å². The summed E-state index contributed by atoms with van der Waals surface area (Å²) >= 11 is 5.74. The Kier molecular flexibility index (Phi) is 1.93. The van der Waals surface area contributed by atoms with Crippen LogP contribution in [0, 0.1) is 12.7 Å². The number of fused-ring (bicyclic) bond motifs is 1. The molecule has 2 aromatic rings. The molecule has 0 aliphatic heterocycles. The zero-order valence-corrected chi connectivity index (χ0v) is 7.77. The fourth-order valence-corrected chi connectivity index (χ4v) is 1.59. The summed E-state index contributed by atoms with van der Waals surface area (Å²) in [6, 6.07) is 6.28. The van der Waals surface area contributed by atoms with E-state index >= 15 is 0 Å². The molecule has 0 aliphatic rings. The molecule has 0 N–H and O–H groups in total. The molecule has 0 saturated heterocycles. The second kappa shape index (κ2) is 2.96. The van der Waals surface area contributed by atoms with E-state index in [2.05, 4.69) is 4.98 Å². The summed E-state index contributed by atoms with van der Waals surface area (Å²) in [4.78, 5) is 4.02. The van der Waals surface area contributed by atoms with Crippen LogP contribution in [0.3, 0.4) is 0 Å². The van der Waals surface area contributed by atoms with Crippen molar-refractivity contribution in [2.45, 2.75) is 6.92 Å². The molecule has 3 heteroatoms. The van der Waals surface area contributed by atoms with Crippen LogP contribution in [0.1, 0.15) is 5.56 Å². The molecule has 1 nitrogen and oxygen atoms in total. The maximum absolute atomic E-state index is 12.8. The highest BCUT2D eigenvalue weighted by Crippen LogP contribution is 2.20. The quantitative estimate of drug-likeness (QED) is 0.588. The van der Waals surface area contributed by atoms with E-state index in [1.54, 1.807) is 12.1 Å². The molecule has 1 aromatic heterocycles. The van der Waals surface area contributed by atoms with Crippen LogP contribution in [-0.4, -0.2) is 4.98 Å². The van der Waals surface area contributed by atoms with Gasteiger partial charge in [0.25, 0.3) is 0 Å². The number of halogens is 2. The highest BCUT2D eigenvalue weighted by molar-refractivity contribution is 6.29. The standard InChI is InChI=1S/C10H7ClFN/c1-6-4-10(11)13-9-5-7(12)2-3-8(6)9/h2-5H,1H3. The molecule has 0 amide bonds. The maximum Gasteiger partial charge on any atom is 0.130 e. The van der Waals surface area contributed by atoms with E-state index in [4.69, 9.17) is 11.6 Å². The van der Waals surface area contributed by atoms with Crippen LogP contribution in [0.25, 0.3) is 10.9 Å². The Morgan fingerprint density at radius 3 is 2.85 bits per heavy atom. The number of hydrogen-bond donors (Lipinski definition) is 0. The van der Waals surface area contributed by atoms with Crippen molar-refractivity contribution in [2.75, 3.05) is 0 Å². The molecule has 0 aliphatic carbocycles. The predicted octanol–water partition coefficient (Wildman–Crippen LogP) is 3.34. The first-order chi connectivity index (χ1) is 6.16. The summed E-state index contributed by atoms with van der Waals surface area (Å²) in [5, 5.41) is 1.33. The number of nitrogens with zero attached hydrogens (tertiary/aromatic N) is 1. The zero-order valence-electron chi connectivity index (χ0n) is 7.01. The molecule has 0 spiro atoms. The van der Waals surface area contributed by atoms with Gasteiger partial charge in [0.2, 0.25) is 0 Å². The minimum Gasteiger partial charge on any atom is -0.236 e. The van der Waals surface area contributed by atoms with Gasteiger partial charge >= 0.3 is 0 Å². The summed E-state index contributed by atoms with van der Waals surface area (Å²) in [5.74, 6) is -0.290. The first-order valence-corrected chi connectivity index (χ1v) is 4.27. The van der Waals surface area contributed by atoms with Gasteiger partial charge in [-0.1, -0.05) is 11.6 Å². The van der Waals surface area contributed by atoms with Gasteiger partial charge in [-0.15, -0.1) is 0 Å². The summed E-state index contributed by atoms with van der Waals surface area (Å²) in [7, 11) is 0. The Bertz CT molecular complexity index is 462. The van der Waals surface area contributed by atoms with Crippen LogP contribution in [-0.2, 0) is 0 Å². The van der Waals surface area contributed by atoms with Gasteiger partial charge in [0, 0.05) is 11.5 Å². The number of hydrogen-bond acceptors (Lipinski definition) is 1. The molecule has 1 aromatic carbocycles. The van der Waals surface area contributed by atoms with E-state index in [0.29, 0.717) is 10.7 Å². The average molecular weight is 196 g/mol. The first-order valence-electron chi connectivity index (χ1n) is 3.89. The van der Waals surface area contributed by atoms with Gasteiger partial charge in [-0.2, -0.15) is 0 Å². The van der Waals surface area contributed by atoms with Crippen molar-refractivity contribution in [2.24, 2.45) is 0 Å². The molecule has 0 fully saturated rings. The molecule has 66 valence electrons. The number of aromatic nitrogens is 1. The van der Waals surface area contributed by atoms with Crippen molar-refractivity contribution >= 4 is 22.5 Å². The van der Waals surface area contributed by atoms with Gasteiger partial charge in [-0.3, -0.25) is 0 Å². The highest BCUT2D eigenvalue weighted by Gasteiger charge is 2.01. The van der Waals surface area contributed by atoms with Gasteiger partial charge in [-0.05, 0) is 30.7 Å². The monoisotopic (exact) mass is 195 g/mol. The van der Waals surface area contributed by atoms with Crippen LogP contribution in [0.15, 0.2) is 24.3 Å². The molecule has 0 unspecified atom stereocenters. The van der Waals surface area contributed by atoms with Gasteiger partial charge < -0.3 is 0 Å². The zero-order chi connectivity index (χ0) is 9.42. The van der Waals surface area contributed by atoms with E-state index in [1.807, 2.05) is 6.92 Å². The van der Waals surface area contributed by atoms with Crippen LogP contribution < -0.4 is 0 Å². The lowest BCUT2D eigenvalue weighted by Gasteiger charge is -2.01. The van der Waals surface area contributed by atoms with Gasteiger partial charge in [0.1, 0.15) is 11.0 Å². The van der Waals surface area contributed by atoms with Crippen molar-refractivity contribution in [3.8, 4) is 0 Å². The summed E-state index contributed by atoms with van der Waals surface area (Å²) < 4.78 is 12.8. The Hall–Kier alpha value is -1.15. The third-order valence-electron chi connectivity index (χ3n) is 1.95. The highest BCUT2D eigenvalue weighted by atomic mass is 35.5. The third kappa shape index (κ3) is 1.49. The maximum atomic E-state index is 12.8. The molecule has 0 bridgehead atoms. The third-order valence-corrected chi connectivity index (χ3v) is 2.14. The summed E-state index contributed by atoms with van der Waals surface area (Å²) in [6.07, 6.45) is 0. The Morgan fingerprint density at radius 1 is 1.31 bits per heavy atom. The van der Waals surface area contributed by atoms with Crippen LogP contribution >= 0.6 is 11.6 Å². The average Bonchev–Trinajstić information content (AvgIpc) is 2.02. The SMILES string of the molecule is Cc1cc(Cl)nc2cc(F)ccc12. The molecule has 2 rings (SSSR count). The number of aryl methyl sites for hydroxylation is 1. The van der Waals surface area contributed by atoms with E-state index in [1.165, 1.54) is 12.1 Å². The number of pyridine rings is 1. The second-order valence-corrected chi connectivity index (χ2v) is 3.31. The fraction of sp³-hybridized carbons (Fsp3) is 0.100. The van der Waals surface area contributed by atoms with Crippen molar-refractivity contribution in [3.63, 3.8) is 0 Å². The van der Waals surface area contributed by atoms with Crippen LogP contribution in [0.2, 0.25) is 5.15 Å². The van der Waals surface area contributed by atoms with Crippen molar-refractivity contribution in [1.29, 1.82) is 0 Å². The van der Waals surface area contributed by atoms with Crippen molar-refractivity contribution in [1.82, 2.24) is 4.98 Å². The first kappa shape index (κ1) is 8.45. The van der Waals surface area contributed by atoms with E-state index in [-0.39, 0.29) is 5.82 Å². The Morgan fingerprint density at radius 2 is 2.08 bits per heavy atom. The predicted molar refractivity (Wildman–Crippen MR) is 51.4 cm³/mol. The van der Waals surface area contributed by atoms with E-state index in [9.17, 15) is 4.39 Å². The topological polar surface area (TPSA) is 12.9 Å². The van der Waals surface area contributed by atoms with Crippen molar-refractivity contribution < 1.29 is 4.39 Å². The summed E-state index contributed by atoms with van der Waals surface area (Å²) in [6.45, 7) is 1.92. The van der Waals surface area contributed by atoms with Crippen LogP contribution in [0.4, 0.5) is 4.39 Å². The lowest BCUT2D eigenvalue weighted by molar-refractivity contribution is 0.629. The summed E-state index contributed by atoms with van der Waals surface area (Å²) in [5.41, 5.74) is 1.61. The molecule has 1 heterocycles. The molecular weight excluding hydrogens is 189 g/mol. The number of rotatable bonds is 0. The molecule has 0 atom stereocenters. The van der Waals surface area contributed by atoms with Gasteiger partial charge in [0.15, 0.2) is 0 Å². The molecule has 0 saturated carbocycles. The normalized spacial score (nSPS) is 10.7. The number of benzene rings is 1. The fourth-order valence-electron chi connectivity index (χ4n) is 1.33. The minimum atomic E-state index is -0.290. The smallest absolute Gasteiger partial charge is 0.130 e. The molecular formula is C10H7ClFN. The minimum absolute atomic E-state index is 0.290. The van der Waals surface area contributed by atoms with E-state index in [0.717, 1.165) is 10.9 Å². The lowest BCUT2D eigenvalue weighted by Crippen LogP contribution is -1.85. The van der Waals surface area contributed by atoms with Gasteiger partial charge in [-0.25, -0.2) is 9.37 Å².